The Morgan fingerprint density at radius 1 is 0.821 bits per heavy atom. The van der Waals surface area contributed by atoms with Gasteiger partial charge in [0.2, 0.25) is 0 Å². The highest BCUT2D eigenvalue weighted by Gasteiger charge is 2.15. The molecule has 7 nitrogen and oxygen atoms in total. The summed E-state index contributed by atoms with van der Waals surface area (Å²) in [4.78, 5) is 17.6. The van der Waals surface area contributed by atoms with Crippen LogP contribution >= 0.6 is 0 Å². The van der Waals surface area contributed by atoms with Gasteiger partial charge in [0.25, 0.3) is 11.8 Å². The second-order valence-electron chi connectivity index (χ2n) is 6.27. The van der Waals surface area contributed by atoms with Crippen LogP contribution in [0.25, 0.3) is 34.3 Å². The van der Waals surface area contributed by atoms with Crippen molar-refractivity contribution in [1.82, 2.24) is 19.9 Å². The minimum absolute atomic E-state index is 0.312. The van der Waals surface area contributed by atoms with Crippen molar-refractivity contribution in [3.63, 3.8) is 0 Å². The van der Waals surface area contributed by atoms with Gasteiger partial charge in [-0.05, 0) is 48.9 Å². The van der Waals surface area contributed by atoms with E-state index in [9.17, 15) is 0 Å². The molecule has 5 rings (SSSR count). The van der Waals surface area contributed by atoms with Crippen LogP contribution in [-0.4, -0.2) is 19.9 Å². The molecule has 4 heterocycles. The molecule has 28 heavy (non-hydrogen) atoms. The first-order valence-corrected chi connectivity index (χ1v) is 8.73. The zero-order valence-electron chi connectivity index (χ0n) is 15.0. The third-order valence-electron chi connectivity index (χ3n) is 4.16. The Bertz CT molecular complexity index is 1240. The van der Waals surface area contributed by atoms with Gasteiger partial charge in [0.05, 0.1) is 6.20 Å². The molecule has 0 aliphatic carbocycles. The lowest BCUT2D eigenvalue weighted by Gasteiger charge is -2.06. The molecule has 0 saturated carbocycles. The van der Waals surface area contributed by atoms with Crippen LogP contribution in [0.4, 0.5) is 11.6 Å². The number of rotatable bonds is 4. The summed E-state index contributed by atoms with van der Waals surface area (Å²) < 4.78 is 11.5. The maximum Gasteiger partial charge on any atom is 0.284 e. The van der Waals surface area contributed by atoms with Crippen molar-refractivity contribution < 1.29 is 8.83 Å². The fourth-order valence-corrected chi connectivity index (χ4v) is 2.83. The van der Waals surface area contributed by atoms with Crippen molar-refractivity contribution in [2.45, 2.75) is 6.92 Å². The number of benzene rings is 1. The number of hydrogen-bond acceptors (Lipinski definition) is 7. The maximum atomic E-state index is 5.84. The summed E-state index contributed by atoms with van der Waals surface area (Å²) in [5, 5.41) is 3.20. The second kappa shape index (κ2) is 6.62. The lowest BCUT2D eigenvalue weighted by atomic mass is 10.3. The third kappa shape index (κ3) is 3.09. The monoisotopic (exact) mass is 369 g/mol. The number of nitrogens with one attached hydrogen (secondary N) is 1. The molecule has 0 aliphatic heterocycles. The molecular weight excluding hydrogens is 354 g/mol. The Morgan fingerprint density at radius 2 is 1.75 bits per heavy atom. The largest absolute Gasteiger partial charge is 0.432 e. The molecule has 5 aromatic rings. The molecule has 0 radical (unpaired) electrons. The van der Waals surface area contributed by atoms with Gasteiger partial charge in [-0.15, -0.1) is 0 Å². The first-order chi connectivity index (χ1) is 13.7. The maximum absolute atomic E-state index is 5.84. The highest BCUT2D eigenvalue weighted by atomic mass is 16.4. The van der Waals surface area contributed by atoms with Gasteiger partial charge in [0, 0.05) is 6.20 Å². The quantitative estimate of drug-likeness (QED) is 0.477. The standard InChI is InChI=1S/C21H15N5O2/c1-13-9-10-22-19(11-13)26-18-8-4-6-15(24-18)17-12-23-20(28-17)21-25-14-5-2-3-7-16(14)27-21/h2-12H,1H3,(H,22,24,26). The smallest absolute Gasteiger partial charge is 0.284 e. The molecule has 4 aromatic heterocycles. The minimum Gasteiger partial charge on any atom is -0.432 e. The molecule has 136 valence electrons. The average Bonchev–Trinajstić information content (AvgIpc) is 3.35. The van der Waals surface area contributed by atoms with Crippen LogP contribution in [0.2, 0.25) is 0 Å². The SMILES string of the molecule is Cc1ccnc(Nc2cccc(-c3cnc(-c4nc5ccccc5o4)o3)n2)c1. The van der Waals surface area contributed by atoms with Gasteiger partial charge in [-0.25, -0.2) is 19.9 Å². The summed E-state index contributed by atoms with van der Waals surface area (Å²) in [6.07, 6.45) is 3.37. The number of para-hydroxylation sites is 2. The lowest BCUT2D eigenvalue weighted by molar-refractivity contribution is 0.534. The Labute approximate surface area is 160 Å². The number of aromatic nitrogens is 4. The van der Waals surface area contributed by atoms with Gasteiger partial charge in [-0.2, -0.15) is 0 Å². The molecule has 0 spiro atoms. The Balaban J connectivity index is 1.44. The van der Waals surface area contributed by atoms with E-state index >= 15 is 0 Å². The molecule has 0 bridgehead atoms. The molecule has 0 fully saturated rings. The number of pyridine rings is 2. The number of nitrogens with zero attached hydrogens (tertiary/aromatic N) is 4. The molecule has 0 unspecified atom stereocenters. The van der Waals surface area contributed by atoms with Crippen LogP contribution < -0.4 is 5.32 Å². The van der Waals surface area contributed by atoms with E-state index in [4.69, 9.17) is 8.83 Å². The van der Waals surface area contributed by atoms with Gasteiger partial charge < -0.3 is 14.2 Å². The summed E-state index contributed by atoms with van der Waals surface area (Å²) >= 11 is 0. The van der Waals surface area contributed by atoms with E-state index in [1.165, 1.54) is 0 Å². The van der Waals surface area contributed by atoms with E-state index in [0.717, 1.165) is 16.9 Å². The molecule has 1 aromatic carbocycles. The van der Waals surface area contributed by atoms with Crippen LogP contribution in [0, 0.1) is 6.92 Å². The van der Waals surface area contributed by atoms with Gasteiger partial charge in [-0.3, -0.25) is 0 Å². The number of anilines is 2. The van der Waals surface area contributed by atoms with Gasteiger partial charge in [0.1, 0.15) is 22.8 Å². The molecule has 0 amide bonds. The van der Waals surface area contributed by atoms with Crippen LogP contribution in [0.1, 0.15) is 5.56 Å². The van der Waals surface area contributed by atoms with Gasteiger partial charge in [-0.1, -0.05) is 18.2 Å². The highest BCUT2D eigenvalue weighted by molar-refractivity contribution is 5.74. The van der Waals surface area contributed by atoms with Gasteiger partial charge in [0.15, 0.2) is 11.3 Å². The van der Waals surface area contributed by atoms with Crippen molar-refractivity contribution in [2.75, 3.05) is 5.32 Å². The van der Waals surface area contributed by atoms with E-state index in [1.54, 1.807) is 12.4 Å². The summed E-state index contributed by atoms with van der Waals surface area (Å²) in [7, 11) is 0. The normalized spacial score (nSPS) is 11.0. The van der Waals surface area contributed by atoms with Crippen LogP contribution in [0.3, 0.4) is 0 Å². The molecule has 7 heteroatoms. The van der Waals surface area contributed by atoms with E-state index in [0.29, 0.717) is 34.6 Å². The van der Waals surface area contributed by atoms with Gasteiger partial charge >= 0.3 is 0 Å². The summed E-state index contributed by atoms with van der Waals surface area (Å²) in [5.74, 6) is 2.57. The number of aryl methyl sites for hydroxylation is 1. The summed E-state index contributed by atoms with van der Waals surface area (Å²) in [5.41, 5.74) is 3.21. The van der Waals surface area contributed by atoms with Crippen LogP contribution in [0.15, 0.2) is 75.8 Å². The van der Waals surface area contributed by atoms with E-state index < -0.39 is 0 Å². The highest BCUT2D eigenvalue weighted by Crippen LogP contribution is 2.28. The molecule has 0 saturated heterocycles. The zero-order chi connectivity index (χ0) is 18.9. The number of oxazole rings is 2. The minimum atomic E-state index is 0.312. The number of hydrogen-bond donors (Lipinski definition) is 1. The second-order valence-corrected chi connectivity index (χ2v) is 6.27. The first-order valence-electron chi connectivity index (χ1n) is 8.73. The molecular formula is C21H15N5O2. The van der Waals surface area contributed by atoms with Crippen LogP contribution in [-0.2, 0) is 0 Å². The lowest BCUT2D eigenvalue weighted by Crippen LogP contribution is -1.96. The molecule has 1 N–H and O–H groups in total. The van der Waals surface area contributed by atoms with Crippen molar-refractivity contribution >= 4 is 22.7 Å². The summed E-state index contributed by atoms with van der Waals surface area (Å²) in [6, 6.07) is 17.0. The topological polar surface area (TPSA) is 89.9 Å². The number of fused-ring (bicyclic) bond motifs is 1. The Kier molecular flexibility index (Phi) is 3.83. The predicted octanol–water partition coefficient (Wildman–Crippen LogP) is 4.99. The van der Waals surface area contributed by atoms with E-state index in [1.807, 2.05) is 61.5 Å². The van der Waals surface area contributed by atoms with Crippen molar-refractivity contribution in [3.05, 3.63) is 72.6 Å². The fourth-order valence-electron chi connectivity index (χ4n) is 2.83. The average molecular weight is 369 g/mol. The van der Waals surface area contributed by atoms with Crippen molar-refractivity contribution in [3.8, 4) is 23.2 Å². The Morgan fingerprint density at radius 3 is 2.64 bits per heavy atom. The van der Waals surface area contributed by atoms with Crippen LogP contribution in [0.5, 0.6) is 0 Å². The Hall–Kier alpha value is -4.00. The van der Waals surface area contributed by atoms with Crippen molar-refractivity contribution in [1.29, 1.82) is 0 Å². The third-order valence-corrected chi connectivity index (χ3v) is 4.16. The summed E-state index contributed by atoms with van der Waals surface area (Å²) in [6.45, 7) is 2.01. The van der Waals surface area contributed by atoms with Crippen molar-refractivity contribution in [2.24, 2.45) is 0 Å². The zero-order valence-corrected chi connectivity index (χ0v) is 15.0. The molecule has 0 atom stereocenters. The van der Waals surface area contributed by atoms with E-state index in [2.05, 4.69) is 25.3 Å². The first kappa shape index (κ1) is 16.2. The molecule has 0 aliphatic rings. The fraction of sp³-hybridized carbons (Fsp3) is 0.0476. The predicted molar refractivity (Wildman–Crippen MR) is 105 cm³/mol. The van der Waals surface area contributed by atoms with E-state index in [-0.39, 0.29) is 0 Å².